The molecule has 0 radical (unpaired) electrons. The fourth-order valence-electron chi connectivity index (χ4n) is 1.28. The Bertz CT molecular complexity index is 527. The standard InChI is InChI=1S/C11H11Cl2N3O/c1-6(14-2)10-15-16-11(17-10)7-3-4-8(12)9(13)5-7/h3-6,14H,1-2H3. The largest absolute Gasteiger partial charge is 0.419 e. The summed E-state index contributed by atoms with van der Waals surface area (Å²) in [5.41, 5.74) is 0.751. The maximum atomic E-state index is 5.93. The van der Waals surface area contributed by atoms with Gasteiger partial charge in [-0.15, -0.1) is 10.2 Å². The van der Waals surface area contributed by atoms with Gasteiger partial charge in [0.2, 0.25) is 11.8 Å². The fourth-order valence-corrected chi connectivity index (χ4v) is 1.58. The molecule has 1 heterocycles. The monoisotopic (exact) mass is 271 g/mol. The van der Waals surface area contributed by atoms with E-state index in [1.165, 1.54) is 0 Å². The van der Waals surface area contributed by atoms with Crippen molar-refractivity contribution in [2.24, 2.45) is 0 Å². The van der Waals surface area contributed by atoms with Crippen molar-refractivity contribution >= 4 is 23.2 Å². The normalized spacial score (nSPS) is 12.7. The average Bonchev–Trinajstić information content (AvgIpc) is 2.81. The van der Waals surface area contributed by atoms with Gasteiger partial charge in [-0.1, -0.05) is 23.2 Å². The number of benzene rings is 1. The predicted molar refractivity (Wildman–Crippen MR) is 67.2 cm³/mol. The van der Waals surface area contributed by atoms with Crippen LogP contribution in [0.25, 0.3) is 11.5 Å². The molecule has 2 rings (SSSR count). The first-order valence-corrected chi connectivity index (χ1v) is 5.83. The zero-order chi connectivity index (χ0) is 12.4. The lowest BCUT2D eigenvalue weighted by atomic mass is 10.2. The van der Waals surface area contributed by atoms with Crippen LogP contribution < -0.4 is 5.32 Å². The third-order valence-corrected chi connectivity index (χ3v) is 3.15. The molecule has 1 aromatic heterocycles. The maximum absolute atomic E-state index is 5.93. The van der Waals surface area contributed by atoms with Gasteiger partial charge in [-0.2, -0.15) is 0 Å². The van der Waals surface area contributed by atoms with Crippen molar-refractivity contribution in [2.75, 3.05) is 7.05 Å². The van der Waals surface area contributed by atoms with Crippen LogP contribution in [0.4, 0.5) is 0 Å². The molecule has 0 saturated carbocycles. The fraction of sp³-hybridized carbons (Fsp3) is 0.273. The van der Waals surface area contributed by atoms with E-state index in [1.54, 1.807) is 18.2 Å². The van der Waals surface area contributed by atoms with E-state index in [0.717, 1.165) is 5.56 Å². The summed E-state index contributed by atoms with van der Waals surface area (Å²) < 4.78 is 5.53. The molecule has 0 aliphatic carbocycles. The third kappa shape index (κ3) is 2.60. The van der Waals surface area contributed by atoms with E-state index in [0.29, 0.717) is 21.8 Å². The van der Waals surface area contributed by atoms with E-state index in [2.05, 4.69) is 15.5 Å². The molecule has 90 valence electrons. The quantitative estimate of drug-likeness (QED) is 0.931. The summed E-state index contributed by atoms with van der Waals surface area (Å²) in [6, 6.07) is 5.20. The van der Waals surface area contributed by atoms with Crippen LogP contribution in [0.15, 0.2) is 22.6 Å². The second-order valence-electron chi connectivity index (χ2n) is 3.58. The van der Waals surface area contributed by atoms with E-state index >= 15 is 0 Å². The number of hydrogen-bond donors (Lipinski definition) is 1. The van der Waals surface area contributed by atoms with Crippen LogP contribution in [0.2, 0.25) is 10.0 Å². The van der Waals surface area contributed by atoms with Crippen LogP contribution in [0, 0.1) is 0 Å². The summed E-state index contributed by atoms with van der Waals surface area (Å²) in [7, 11) is 1.83. The third-order valence-electron chi connectivity index (χ3n) is 2.41. The first kappa shape index (κ1) is 12.4. The van der Waals surface area contributed by atoms with Crippen molar-refractivity contribution < 1.29 is 4.42 Å². The molecule has 6 heteroatoms. The van der Waals surface area contributed by atoms with Gasteiger partial charge in [0, 0.05) is 5.56 Å². The lowest BCUT2D eigenvalue weighted by Gasteiger charge is -2.02. The van der Waals surface area contributed by atoms with Crippen LogP contribution in [-0.4, -0.2) is 17.2 Å². The van der Waals surface area contributed by atoms with Gasteiger partial charge in [0.15, 0.2) is 0 Å². The second kappa shape index (κ2) is 5.04. The predicted octanol–water partition coefficient (Wildman–Crippen LogP) is 3.32. The average molecular weight is 272 g/mol. The molecule has 1 atom stereocenters. The first-order chi connectivity index (χ1) is 8.11. The molecule has 1 N–H and O–H groups in total. The molecular weight excluding hydrogens is 261 g/mol. The molecule has 0 aliphatic rings. The molecule has 0 aliphatic heterocycles. The summed E-state index contributed by atoms with van der Waals surface area (Å²) in [4.78, 5) is 0. The number of rotatable bonds is 3. The van der Waals surface area contributed by atoms with Gasteiger partial charge in [0.25, 0.3) is 0 Å². The Labute approximate surface area is 109 Å². The highest BCUT2D eigenvalue weighted by Crippen LogP contribution is 2.28. The number of hydrogen-bond acceptors (Lipinski definition) is 4. The zero-order valence-electron chi connectivity index (χ0n) is 9.37. The van der Waals surface area contributed by atoms with Crippen LogP contribution in [0.1, 0.15) is 18.9 Å². The second-order valence-corrected chi connectivity index (χ2v) is 4.40. The maximum Gasteiger partial charge on any atom is 0.247 e. The van der Waals surface area contributed by atoms with E-state index in [-0.39, 0.29) is 6.04 Å². The number of halogens is 2. The first-order valence-electron chi connectivity index (χ1n) is 5.08. The van der Waals surface area contributed by atoms with Crippen molar-refractivity contribution in [3.05, 3.63) is 34.1 Å². The smallest absolute Gasteiger partial charge is 0.247 e. The Kier molecular flexibility index (Phi) is 3.66. The molecular formula is C11H11Cl2N3O. The molecule has 0 saturated heterocycles. The van der Waals surface area contributed by atoms with Crippen LogP contribution in [-0.2, 0) is 0 Å². The van der Waals surface area contributed by atoms with Crippen molar-refractivity contribution in [3.8, 4) is 11.5 Å². The van der Waals surface area contributed by atoms with Crippen LogP contribution in [0.5, 0.6) is 0 Å². The molecule has 2 aromatic rings. The summed E-state index contributed by atoms with van der Waals surface area (Å²) in [5, 5.41) is 11.9. The molecule has 0 amide bonds. The Hall–Kier alpha value is -1.10. The minimum absolute atomic E-state index is 0.0130. The molecule has 1 unspecified atom stereocenters. The lowest BCUT2D eigenvalue weighted by molar-refractivity contribution is 0.441. The molecule has 17 heavy (non-hydrogen) atoms. The Balaban J connectivity index is 2.33. The SMILES string of the molecule is CNC(C)c1nnc(-c2ccc(Cl)c(Cl)c2)o1. The highest BCUT2D eigenvalue weighted by molar-refractivity contribution is 6.42. The number of nitrogens with zero attached hydrogens (tertiary/aromatic N) is 2. The van der Waals surface area contributed by atoms with E-state index in [1.807, 2.05) is 14.0 Å². The van der Waals surface area contributed by atoms with E-state index < -0.39 is 0 Å². The summed E-state index contributed by atoms with van der Waals surface area (Å²) in [6.45, 7) is 1.94. The Morgan fingerprint density at radius 3 is 2.65 bits per heavy atom. The minimum atomic E-state index is 0.0130. The summed E-state index contributed by atoms with van der Waals surface area (Å²) >= 11 is 11.8. The van der Waals surface area contributed by atoms with Gasteiger partial charge < -0.3 is 9.73 Å². The van der Waals surface area contributed by atoms with Gasteiger partial charge in [0.05, 0.1) is 16.1 Å². The molecule has 4 nitrogen and oxygen atoms in total. The molecule has 0 bridgehead atoms. The van der Waals surface area contributed by atoms with Gasteiger partial charge >= 0.3 is 0 Å². The Morgan fingerprint density at radius 1 is 1.24 bits per heavy atom. The van der Waals surface area contributed by atoms with Gasteiger partial charge in [0.1, 0.15) is 0 Å². The highest BCUT2D eigenvalue weighted by Gasteiger charge is 2.13. The van der Waals surface area contributed by atoms with Crippen molar-refractivity contribution in [1.82, 2.24) is 15.5 Å². The van der Waals surface area contributed by atoms with E-state index in [4.69, 9.17) is 27.6 Å². The Morgan fingerprint density at radius 2 is 2.00 bits per heavy atom. The van der Waals surface area contributed by atoms with Gasteiger partial charge in [-0.3, -0.25) is 0 Å². The van der Waals surface area contributed by atoms with Crippen molar-refractivity contribution in [1.29, 1.82) is 0 Å². The molecule has 0 fully saturated rings. The summed E-state index contributed by atoms with van der Waals surface area (Å²) in [6.07, 6.45) is 0. The van der Waals surface area contributed by atoms with Gasteiger partial charge in [-0.05, 0) is 32.2 Å². The summed E-state index contributed by atoms with van der Waals surface area (Å²) in [5.74, 6) is 0.967. The minimum Gasteiger partial charge on any atom is -0.419 e. The number of nitrogens with one attached hydrogen (secondary N) is 1. The van der Waals surface area contributed by atoms with Gasteiger partial charge in [-0.25, -0.2) is 0 Å². The van der Waals surface area contributed by atoms with Crippen LogP contribution in [0.3, 0.4) is 0 Å². The molecule has 1 aromatic carbocycles. The van der Waals surface area contributed by atoms with Crippen molar-refractivity contribution in [2.45, 2.75) is 13.0 Å². The zero-order valence-corrected chi connectivity index (χ0v) is 10.9. The lowest BCUT2D eigenvalue weighted by Crippen LogP contribution is -2.12. The molecule has 0 spiro atoms. The number of aromatic nitrogens is 2. The highest BCUT2D eigenvalue weighted by atomic mass is 35.5. The van der Waals surface area contributed by atoms with E-state index in [9.17, 15) is 0 Å². The van der Waals surface area contributed by atoms with Crippen LogP contribution >= 0.6 is 23.2 Å². The van der Waals surface area contributed by atoms with Crippen molar-refractivity contribution in [3.63, 3.8) is 0 Å². The topological polar surface area (TPSA) is 51.0 Å².